The van der Waals surface area contributed by atoms with Crippen LogP contribution in [-0.2, 0) is 0 Å². The number of hydrogen-bond acceptors (Lipinski definition) is 6. The Balaban J connectivity index is 1.69. The smallest absolute Gasteiger partial charge is 0.298 e. The van der Waals surface area contributed by atoms with Gasteiger partial charge in [0.05, 0.1) is 26.1 Å². The van der Waals surface area contributed by atoms with Crippen molar-refractivity contribution < 1.29 is 19.3 Å². The molecular weight excluding hydrogens is 364 g/mol. The topological polar surface area (TPSA) is 105 Å². The van der Waals surface area contributed by atoms with Crippen LogP contribution >= 0.6 is 0 Å². The molecule has 0 spiro atoms. The lowest BCUT2D eigenvalue weighted by molar-refractivity contribution is -0.644. The first-order valence-corrected chi connectivity index (χ1v) is 8.97. The van der Waals surface area contributed by atoms with Gasteiger partial charge in [-0.05, 0) is 35.4 Å². The Morgan fingerprint density at radius 1 is 0.750 bits per heavy atom. The predicted octanol–water partition coefficient (Wildman–Crippen LogP) is 3.41. The maximum absolute atomic E-state index is 12.1. The lowest BCUT2D eigenvalue weighted by atomic mass is 9.93. The first kappa shape index (κ1) is 18.2. The number of nitro groups is 2. The lowest BCUT2D eigenvalue weighted by Crippen LogP contribution is -2.46. The maximum atomic E-state index is 12.1. The summed E-state index contributed by atoms with van der Waals surface area (Å²) in [4.78, 5) is 23.4. The fourth-order valence-corrected chi connectivity index (χ4v) is 4.64. The molecule has 0 amide bonds. The molecule has 0 aromatic heterocycles. The molecule has 2 fully saturated rings. The molecule has 0 saturated heterocycles. The van der Waals surface area contributed by atoms with Crippen molar-refractivity contribution in [2.24, 2.45) is 0 Å². The van der Waals surface area contributed by atoms with Gasteiger partial charge in [0.1, 0.15) is 11.5 Å². The Hall–Kier alpha value is -3.16. The fraction of sp³-hybridized carbons (Fsp3) is 0.400. The van der Waals surface area contributed by atoms with E-state index in [0.29, 0.717) is 11.5 Å². The third-order valence-corrected chi connectivity index (χ3v) is 6.30. The highest BCUT2D eigenvalue weighted by Gasteiger charge is 2.93. The summed E-state index contributed by atoms with van der Waals surface area (Å²) in [5.74, 6) is 0.314. The van der Waals surface area contributed by atoms with Crippen LogP contribution in [0.5, 0.6) is 11.5 Å². The Bertz CT molecular complexity index is 851. The highest BCUT2D eigenvalue weighted by atomic mass is 16.7. The zero-order chi connectivity index (χ0) is 20.1. The number of hydrogen-bond donors (Lipinski definition) is 0. The summed E-state index contributed by atoms with van der Waals surface area (Å²) in [6, 6.07) is 13.9. The molecule has 0 unspecified atom stereocenters. The largest absolute Gasteiger partial charge is 0.497 e. The number of benzene rings is 2. The van der Waals surface area contributed by atoms with Crippen molar-refractivity contribution in [2.45, 2.75) is 35.8 Å². The van der Waals surface area contributed by atoms with Crippen LogP contribution in [0.25, 0.3) is 0 Å². The zero-order valence-electron chi connectivity index (χ0n) is 15.5. The summed E-state index contributed by atoms with van der Waals surface area (Å²) < 4.78 is 10.3. The van der Waals surface area contributed by atoms with E-state index in [0.717, 1.165) is 11.1 Å². The second kappa shape index (κ2) is 6.19. The van der Waals surface area contributed by atoms with E-state index in [1.54, 1.807) is 62.8 Å². The van der Waals surface area contributed by atoms with Gasteiger partial charge in [0.25, 0.3) is 11.1 Å². The minimum atomic E-state index is -1.59. The summed E-state index contributed by atoms with van der Waals surface area (Å²) in [5, 5.41) is 24.2. The number of rotatable bonds is 7. The van der Waals surface area contributed by atoms with Crippen molar-refractivity contribution in [1.29, 1.82) is 0 Å². The highest BCUT2D eigenvalue weighted by molar-refractivity contribution is 5.46. The summed E-state index contributed by atoms with van der Waals surface area (Å²) in [7, 11) is 3.08. The molecular formula is C20H20N2O6. The molecule has 8 heteroatoms. The van der Waals surface area contributed by atoms with Gasteiger partial charge in [-0.1, -0.05) is 24.3 Å². The minimum absolute atomic E-state index is 0.167. The minimum Gasteiger partial charge on any atom is -0.497 e. The van der Waals surface area contributed by atoms with Crippen LogP contribution < -0.4 is 9.47 Å². The first-order valence-electron chi connectivity index (χ1n) is 8.97. The molecule has 0 heterocycles. The van der Waals surface area contributed by atoms with Crippen molar-refractivity contribution >= 4 is 0 Å². The average molecular weight is 384 g/mol. The molecule has 146 valence electrons. The van der Waals surface area contributed by atoms with Crippen LogP contribution in [0.1, 0.15) is 35.8 Å². The summed E-state index contributed by atoms with van der Waals surface area (Å²) in [5.41, 5.74) is -1.70. The summed E-state index contributed by atoms with van der Waals surface area (Å²) in [6.07, 6.45) is 0.333. The first-order chi connectivity index (χ1) is 13.4. The van der Waals surface area contributed by atoms with Gasteiger partial charge >= 0.3 is 0 Å². The third kappa shape index (κ3) is 2.37. The molecule has 2 aromatic rings. The average Bonchev–Trinajstić information content (AvgIpc) is 3.60. The quantitative estimate of drug-likeness (QED) is 0.535. The highest BCUT2D eigenvalue weighted by Crippen LogP contribution is 2.73. The van der Waals surface area contributed by atoms with Gasteiger partial charge in [0.15, 0.2) is 0 Å². The van der Waals surface area contributed by atoms with E-state index in [-0.39, 0.29) is 12.8 Å². The molecule has 8 nitrogen and oxygen atoms in total. The number of ether oxygens (including phenoxy) is 2. The predicted molar refractivity (Wildman–Crippen MR) is 100 cm³/mol. The van der Waals surface area contributed by atoms with E-state index >= 15 is 0 Å². The van der Waals surface area contributed by atoms with E-state index in [1.807, 2.05) is 0 Å². The summed E-state index contributed by atoms with van der Waals surface area (Å²) in [6.45, 7) is 0. The van der Waals surface area contributed by atoms with Crippen molar-refractivity contribution in [3.63, 3.8) is 0 Å². The Labute approximate surface area is 161 Å². The van der Waals surface area contributed by atoms with E-state index in [2.05, 4.69) is 0 Å². The molecule has 0 bridgehead atoms. The Kier molecular flexibility index (Phi) is 4.02. The monoisotopic (exact) mass is 384 g/mol. The molecule has 2 saturated carbocycles. The van der Waals surface area contributed by atoms with Gasteiger partial charge in [0, 0.05) is 22.7 Å². The van der Waals surface area contributed by atoms with Gasteiger partial charge in [-0.2, -0.15) is 0 Å². The standard InChI is InChI=1S/C20H20N2O6/c1-27-15-7-3-13(4-8-15)17-11-19(17,21(23)24)20(22(25)26)12-18(20)14-5-9-16(28-2)10-6-14/h3-10,17-18H,11-12H2,1-2H3/t17-,18-,19+,20+/m1/s1. The second-order valence-corrected chi connectivity index (χ2v) is 7.42. The molecule has 0 aliphatic heterocycles. The van der Waals surface area contributed by atoms with E-state index in [9.17, 15) is 20.2 Å². The van der Waals surface area contributed by atoms with Crippen molar-refractivity contribution in [3.8, 4) is 11.5 Å². The van der Waals surface area contributed by atoms with Crippen LogP contribution in [0.15, 0.2) is 48.5 Å². The van der Waals surface area contributed by atoms with Gasteiger partial charge in [-0.3, -0.25) is 20.2 Å². The van der Waals surface area contributed by atoms with Crippen LogP contribution in [0.4, 0.5) is 0 Å². The van der Waals surface area contributed by atoms with Gasteiger partial charge < -0.3 is 9.47 Å². The molecule has 4 atom stereocenters. The van der Waals surface area contributed by atoms with Crippen molar-refractivity contribution in [2.75, 3.05) is 14.2 Å². The van der Waals surface area contributed by atoms with Crippen molar-refractivity contribution in [3.05, 3.63) is 79.9 Å². The van der Waals surface area contributed by atoms with E-state index < -0.39 is 32.8 Å². The molecule has 2 aliphatic carbocycles. The van der Waals surface area contributed by atoms with E-state index in [1.165, 1.54) is 0 Å². The molecule has 0 radical (unpaired) electrons. The van der Waals surface area contributed by atoms with Crippen LogP contribution in [0, 0.1) is 20.2 Å². The third-order valence-electron chi connectivity index (χ3n) is 6.30. The van der Waals surface area contributed by atoms with Crippen molar-refractivity contribution in [1.82, 2.24) is 0 Å². The normalized spacial score (nSPS) is 30.4. The molecule has 0 N–H and O–H groups in total. The number of nitrogens with zero attached hydrogens (tertiary/aromatic N) is 2. The molecule has 28 heavy (non-hydrogen) atoms. The molecule has 4 rings (SSSR count). The van der Waals surface area contributed by atoms with Gasteiger partial charge in [0.2, 0.25) is 0 Å². The molecule has 2 aromatic carbocycles. The Morgan fingerprint density at radius 2 is 1.07 bits per heavy atom. The lowest BCUT2D eigenvalue weighted by Gasteiger charge is -2.16. The number of methoxy groups -OCH3 is 2. The van der Waals surface area contributed by atoms with Gasteiger partial charge in [-0.15, -0.1) is 0 Å². The Morgan fingerprint density at radius 3 is 1.32 bits per heavy atom. The van der Waals surface area contributed by atoms with Crippen LogP contribution in [0.3, 0.4) is 0 Å². The maximum Gasteiger partial charge on any atom is 0.298 e. The van der Waals surface area contributed by atoms with Crippen LogP contribution in [-0.4, -0.2) is 35.1 Å². The molecule has 2 aliphatic rings. The SMILES string of the molecule is COc1ccc([C@H]2C[C@@]2([N+](=O)[O-])[C@]2([N+](=O)[O-])C[C@@H]2c2ccc(OC)cc2)cc1. The summed E-state index contributed by atoms with van der Waals surface area (Å²) >= 11 is 0. The zero-order valence-corrected chi connectivity index (χ0v) is 15.5. The van der Waals surface area contributed by atoms with Crippen LogP contribution in [0.2, 0.25) is 0 Å². The fourth-order valence-electron chi connectivity index (χ4n) is 4.64. The van der Waals surface area contributed by atoms with Gasteiger partial charge in [-0.25, -0.2) is 0 Å². The second-order valence-electron chi connectivity index (χ2n) is 7.42. The van der Waals surface area contributed by atoms with E-state index in [4.69, 9.17) is 9.47 Å².